The fourth-order valence-corrected chi connectivity index (χ4v) is 1.02. The van der Waals surface area contributed by atoms with Crippen LogP contribution in [0.5, 0.6) is 0 Å². The van der Waals surface area contributed by atoms with E-state index in [1.54, 1.807) is 0 Å². The number of hydrogen-bond acceptors (Lipinski definition) is 6. The number of fused-ring (bicyclic) bond motifs is 1. The summed E-state index contributed by atoms with van der Waals surface area (Å²) in [5.74, 6) is 0. The number of nitro groups is 1. The molecule has 7 nitrogen and oxygen atoms in total. The van der Waals surface area contributed by atoms with Gasteiger partial charge in [-0.1, -0.05) is 0 Å². The molecular weight excluding hydrogens is 176 g/mol. The molecule has 2 N–H and O–H groups in total. The van der Waals surface area contributed by atoms with E-state index >= 15 is 0 Å². The van der Waals surface area contributed by atoms with Gasteiger partial charge in [-0.25, -0.2) is 0 Å². The third-order valence-electron chi connectivity index (χ3n) is 1.61. The van der Waals surface area contributed by atoms with Gasteiger partial charge < -0.3 is 10.3 Å². The van der Waals surface area contributed by atoms with Gasteiger partial charge >= 0.3 is 5.69 Å². The Balaban J connectivity index is 2.86. The van der Waals surface area contributed by atoms with Gasteiger partial charge in [0.1, 0.15) is 0 Å². The third kappa shape index (κ3) is 0.975. The van der Waals surface area contributed by atoms with E-state index in [1.165, 1.54) is 12.1 Å². The van der Waals surface area contributed by atoms with E-state index in [9.17, 15) is 10.1 Å². The van der Waals surface area contributed by atoms with Gasteiger partial charge in [-0.15, -0.1) is 5.10 Å². The number of nitrogens with zero attached hydrogens (tertiary/aromatic N) is 3. The molecule has 0 saturated carbocycles. The largest absolute Gasteiger partial charge is 0.396 e. The molecule has 0 atom stereocenters. The van der Waals surface area contributed by atoms with E-state index in [2.05, 4.69) is 14.9 Å². The number of nitrogen functional groups attached to an aromatic ring is 1. The summed E-state index contributed by atoms with van der Waals surface area (Å²) in [4.78, 5) is 9.92. The van der Waals surface area contributed by atoms with Crippen molar-refractivity contribution >= 4 is 22.5 Å². The van der Waals surface area contributed by atoms with E-state index in [-0.39, 0.29) is 22.5 Å². The minimum Gasteiger partial charge on any atom is -0.396 e. The van der Waals surface area contributed by atoms with Crippen LogP contribution in [0.15, 0.2) is 16.7 Å². The fraction of sp³-hybridized carbons (Fsp3) is 0. The first kappa shape index (κ1) is 7.47. The highest BCUT2D eigenvalue weighted by atomic mass is 16.6. The topological polar surface area (TPSA) is 108 Å². The van der Waals surface area contributed by atoms with Gasteiger partial charge in [-0.05, 0) is 6.07 Å². The van der Waals surface area contributed by atoms with Gasteiger partial charge in [-0.2, -0.15) is 0 Å². The summed E-state index contributed by atoms with van der Waals surface area (Å²) in [6.07, 6.45) is 0. The Hall–Kier alpha value is -2.18. The Kier molecular flexibility index (Phi) is 1.38. The lowest BCUT2D eigenvalue weighted by molar-refractivity contribution is -0.383. The molecule has 2 rings (SSSR count). The van der Waals surface area contributed by atoms with Gasteiger partial charge in [0, 0.05) is 11.3 Å². The van der Waals surface area contributed by atoms with Crippen molar-refractivity contribution in [2.24, 2.45) is 0 Å². The Labute approximate surface area is 71.3 Å². The van der Waals surface area contributed by atoms with Crippen molar-refractivity contribution in [3.05, 3.63) is 22.2 Å². The van der Waals surface area contributed by atoms with Crippen LogP contribution in [0.3, 0.4) is 0 Å². The zero-order valence-electron chi connectivity index (χ0n) is 6.30. The molecule has 2 aromatic rings. The summed E-state index contributed by atoms with van der Waals surface area (Å²) in [6.45, 7) is 0. The first-order valence-corrected chi connectivity index (χ1v) is 3.35. The second kappa shape index (κ2) is 2.41. The summed E-state index contributed by atoms with van der Waals surface area (Å²) >= 11 is 0. The summed E-state index contributed by atoms with van der Waals surface area (Å²) in [6, 6.07) is 2.65. The second-order valence-electron chi connectivity index (χ2n) is 2.38. The molecule has 0 bridgehead atoms. The molecule has 1 aromatic heterocycles. The maximum Gasteiger partial charge on any atom is 0.301 e. The number of anilines is 1. The quantitative estimate of drug-likeness (QED) is 0.393. The molecule has 0 radical (unpaired) electrons. The van der Waals surface area contributed by atoms with Gasteiger partial charge in [0.15, 0.2) is 0 Å². The Bertz CT molecular complexity index is 478. The fourth-order valence-electron chi connectivity index (χ4n) is 1.02. The summed E-state index contributed by atoms with van der Waals surface area (Å²) < 4.78 is 4.65. The van der Waals surface area contributed by atoms with E-state index in [0.717, 1.165) is 0 Å². The molecular formula is C6H4N4O3. The number of nitrogens with two attached hydrogens (primary N) is 1. The molecule has 0 amide bonds. The molecule has 0 aliphatic heterocycles. The molecule has 0 unspecified atom stereocenters. The Morgan fingerprint density at radius 1 is 1.54 bits per heavy atom. The first-order valence-electron chi connectivity index (χ1n) is 3.35. The van der Waals surface area contributed by atoms with Crippen LogP contribution in [0, 0.1) is 10.1 Å². The Morgan fingerprint density at radius 2 is 2.31 bits per heavy atom. The van der Waals surface area contributed by atoms with Gasteiger partial charge in [0.25, 0.3) is 0 Å². The minimum atomic E-state index is -0.564. The molecule has 0 aliphatic carbocycles. The zero-order valence-corrected chi connectivity index (χ0v) is 6.30. The summed E-state index contributed by atoms with van der Waals surface area (Å²) in [7, 11) is 0. The molecule has 66 valence electrons. The molecule has 0 saturated heterocycles. The van der Waals surface area contributed by atoms with E-state index in [4.69, 9.17) is 5.73 Å². The standard InChI is InChI=1S/C6H4N4O3/c7-3-1-2-4(10(11)12)5-6(3)13-9-8-5/h1-2H,7H2. The molecule has 0 aliphatic rings. The molecule has 1 heterocycles. The van der Waals surface area contributed by atoms with Crippen molar-refractivity contribution < 1.29 is 9.45 Å². The van der Waals surface area contributed by atoms with Crippen molar-refractivity contribution in [1.82, 2.24) is 10.4 Å². The average Bonchev–Trinajstić information content (AvgIpc) is 2.53. The van der Waals surface area contributed by atoms with Gasteiger partial charge in [-0.3, -0.25) is 10.1 Å². The number of rotatable bonds is 1. The van der Waals surface area contributed by atoms with E-state index < -0.39 is 4.92 Å². The van der Waals surface area contributed by atoms with E-state index in [0.29, 0.717) is 0 Å². The van der Waals surface area contributed by atoms with Crippen molar-refractivity contribution in [2.45, 2.75) is 0 Å². The van der Waals surface area contributed by atoms with E-state index in [1.807, 2.05) is 0 Å². The number of benzene rings is 1. The maximum absolute atomic E-state index is 10.5. The van der Waals surface area contributed by atoms with Crippen LogP contribution in [-0.4, -0.2) is 15.3 Å². The van der Waals surface area contributed by atoms with Crippen molar-refractivity contribution in [3.63, 3.8) is 0 Å². The van der Waals surface area contributed by atoms with Crippen molar-refractivity contribution in [2.75, 3.05) is 5.73 Å². The zero-order chi connectivity index (χ0) is 9.42. The smallest absolute Gasteiger partial charge is 0.301 e. The molecule has 13 heavy (non-hydrogen) atoms. The van der Waals surface area contributed by atoms with Gasteiger partial charge in [0.2, 0.25) is 11.1 Å². The lowest BCUT2D eigenvalue weighted by atomic mass is 10.2. The Morgan fingerprint density at radius 3 is 3.00 bits per heavy atom. The predicted octanol–water partition coefficient (Wildman–Crippen LogP) is 0.713. The van der Waals surface area contributed by atoms with Crippen LogP contribution in [0.25, 0.3) is 11.1 Å². The highest BCUT2D eigenvalue weighted by molar-refractivity contribution is 5.90. The highest BCUT2D eigenvalue weighted by Crippen LogP contribution is 2.27. The lowest BCUT2D eigenvalue weighted by Crippen LogP contribution is -1.91. The predicted molar refractivity (Wildman–Crippen MR) is 42.9 cm³/mol. The highest BCUT2D eigenvalue weighted by Gasteiger charge is 2.17. The molecule has 0 spiro atoms. The number of aromatic nitrogens is 2. The minimum absolute atomic E-state index is 0.0741. The van der Waals surface area contributed by atoms with Crippen LogP contribution in [-0.2, 0) is 0 Å². The normalized spacial score (nSPS) is 10.5. The lowest BCUT2D eigenvalue weighted by Gasteiger charge is -1.92. The molecule has 1 aromatic carbocycles. The van der Waals surface area contributed by atoms with Crippen LogP contribution >= 0.6 is 0 Å². The van der Waals surface area contributed by atoms with Gasteiger partial charge in [0.05, 0.1) is 10.6 Å². The number of hydrogen-bond donors (Lipinski definition) is 1. The summed E-state index contributed by atoms with van der Waals surface area (Å²) in [5, 5.41) is 17.1. The summed E-state index contributed by atoms with van der Waals surface area (Å²) in [5.41, 5.74) is 5.82. The van der Waals surface area contributed by atoms with Crippen LogP contribution in [0.1, 0.15) is 0 Å². The maximum atomic E-state index is 10.5. The van der Waals surface area contributed by atoms with Crippen LogP contribution in [0.4, 0.5) is 11.4 Å². The number of non-ortho nitro benzene ring substituents is 1. The van der Waals surface area contributed by atoms with Crippen molar-refractivity contribution in [1.29, 1.82) is 0 Å². The van der Waals surface area contributed by atoms with Crippen molar-refractivity contribution in [3.8, 4) is 0 Å². The second-order valence-corrected chi connectivity index (χ2v) is 2.38. The molecule has 7 heteroatoms. The monoisotopic (exact) mass is 180 g/mol. The SMILES string of the molecule is Nc1ccc([N+](=O)[O-])c2nnoc12. The molecule has 0 fully saturated rings. The van der Waals surface area contributed by atoms with Crippen LogP contribution in [0.2, 0.25) is 0 Å². The first-order chi connectivity index (χ1) is 6.20. The third-order valence-corrected chi connectivity index (χ3v) is 1.61. The number of nitro benzene ring substituents is 1. The average molecular weight is 180 g/mol. The van der Waals surface area contributed by atoms with Crippen LogP contribution < -0.4 is 5.73 Å².